The number of pyridine rings is 1. The zero-order valence-corrected chi connectivity index (χ0v) is 20.4. The van der Waals surface area contributed by atoms with Crippen molar-refractivity contribution in [1.29, 1.82) is 0 Å². The third-order valence-corrected chi connectivity index (χ3v) is 9.11. The standard InChI is InChI=1S/C25H28F3N3O3S/c1-3-35(33,34)30-22-20(31(14-25(22,27)28)23(32)24-11-16(12-24)13-24)10-17-7-5-8-18(21(17)26)19-9-4-6-15(2)29-19/h4-9,16,20,22,30H,3,10-14H2,1-2H3/t16?,20-,22+,24?/m0/s1. The molecule has 6 nitrogen and oxygen atoms in total. The molecule has 2 heterocycles. The third-order valence-electron chi connectivity index (χ3n) is 7.73. The zero-order chi connectivity index (χ0) is 25.2. The second-order valence-electron chi connectivity index (χ2n) is 10.2. The number of aromatic nitrogens is 1. The largest absolute Gasteiger partial charge is 0.331 e. The van der Waals surface area contributed by atoms with Crippen LogP contribution in [0.5, 0.6) is 0 Å². The van der Waals surface area contributed by atoms with Crippen molar-refractivity contribution in [1.82, 2.24) is 14.6 Å². The van der Waals surface area contributed by atoms with Crippen molar-refractivity contribution in [2.24, 2.45) is 11.3 Å². The number of amides is 1. The fraction of sp³-hybridized carbons (Fsp3) is 0.520. The minimum atomic E-state index is -4.00. The van der Waals surface area contributed by atoms with E-state index in [2.05, 4.69) is 9.71 Å². The topological polar surface area (TPSA) is 79.4 Å². The predicted molar refractivity (Wildman–Crippen MR) is 125 cm³/mol. The Morgan fingerprint density at radius 3 is 2.46 bits per heavy atom. The molecule has 0 spiro atoms. The van der Waals surface area contributed by atoms with Gasteiger partial charge in [-0.05, 0) is 69.2 Å². The van der Waals surface area contributed by atoms with E-state index in [0.717, 1.165) is 4.90 Å². The minimum Gasteiger partial charge on any atom is -0.331 e. The molecule has 2 atom stereocenters. The molecule has 2 bridgehead atoms. The Morgan fingerprint density at radius 2 is 1.86 bits per heavy atom. The molecule has 35 heavy (non-hydrogen) atoms. The second-order valence-corrected chi connectivity index (χ2v) is 12.2. The van der Waals surface area contributed by atoms with Crippen LogP contribution in [0.4, 0.5) is 13.2 Å². The highest BCUT2D eigenvalue weighted by atomic mass is 32.2. The smallest absolute Gasteiger partial charge is 0.283 e. The van der Waals surface area contributed by atoms with Crippen molar-refractivity contribution < 1.29 is 26.4 Å². The monoisotopic (exact) mass is 507 g/mol. The van der Waals surface area contributed by atoms with Gasteiger partial charge in [-0.25, -0.2) is 26.3 Å². The Morgan fingerprint density at radius 1 is 1.17 bits per heavy atom. The van der Waals surface area contributed by atoms with Gasteiger partial charge in [0.15, 0.2) is 0 Å². The molecular weight excluding hydrogens is 479 g/mol. The first-order valence-electron chi connectivity index (χ1n) is 11.8. The quantitative estimate of drug-likeness (QED) is 0.620. The molecule has 1 saturated heterocycles. The van der Waals surface area contributed by atoms with E-state index < -0.39 is 45.8 Å². The van der Waals surface area contributed by atoms with Gasteiger partial charge < -0.3 is 4.90 Å². The number of likely N-dealkylation sites (tertiary alicyclic amines) is 1. The highest BCUT2D eigenvalue weighted by Crippen LogP contribution is 2.65. The Balaban J connectivity index is 1.52. The normalized spacial score (nSPS) is 28.9. The molecule has 3 aliphatic carbocycles. The molecule has 0 radical (unpaired) electrons. The summed E-state index contributed by atoms with van der Waals surface area (Å²) in [5.74, 6) is -4.39. The molecule has 4 fully saturated rings. The van der Waals surface area contributed by atoms with Crippen LogP contribution in [0.15, 0.2) is 36.4 Å². The van der Waals surface area contributed by atoms with E-state index in [9.17, 15) is 13.2 Å². The first-order chi connectivity index (χ1) is 16.4. The van der Waals surface area contributed by atoms with Crippen LogP contribution in [0.3, 0.4) is 0 Å². The number of nitrogens with zero attached hydrogens (tertiary/aromatic N) is 2. The maximum Gasteiger partial charge on any atom is 0.283 e. The number of aryl methyl sites for hydroxylation is 1. The Labute approximate surface area is 203 Å². The van der Waals surface area contributed by atoms with E-state index in [-0.39, 0.29) is 29.2 Å². The lowest BCUT2D eigenvalue weighted by Crippen LogP contribution is -2.62. The van der Waals surface area contributed by atoms with Crippen LogP contribution in [0.1, 0.15) is 37.4 Å². The molecule has 3 saturated carbocycles. The number of hydrogen-bond donors (Lipinski definition) is 1. The van der Waals surface area contributed by atoms with Crippen LogP contribution >= 0.6 is 0 Å². The molecule has 2 aromatic rings. The van der Waals surface area contributed by atoms with E-state index in [1.165, 1.54) is 13.0 Å². The summed E-state index contributed by atoms with van der Waals surface area (Å²) < 4.78 is 72.8. The van der Waals surface area contributed by atoms with Gasteiger partial charge >= 0.3 is 0 Å². The fourth-order valence-corrected chi connectivity index (χ4v) is 6.58. The van der Waals surface area contributed by atoms with Crippen molar-refractivity contribution in [3.05, 3.63) is 53.5 Å². The fourth-order valence-electron chi connectivity index (χ4n) is 5.69. The summed E-state index contributed by atoms with van der Waals surface area (Å²) in [4.78, 5) is 18.8. The van der Waals surface area contributed by atoms with Crippen molar-refractivity contribution >= 4 is 15.9 Å². The van der Waals surface area contributed by atoms with Gasteiger partial charge in [-0.1, -0.05) is 18.2 Å². The van der Waals surface area contributed by atoms with Gasteiger partial charge in [0.2, 0.25) is 15.9 Å². The SMILES string of the molecule is CCS(=O)(=O)N[C@@H]1[C@H](Cc2cccc(-c3cccc(C)n3)c2F)N(C(=O)C23CC(C2)C3)CC1(F)F. The Bertz CT molecular complexity index is 1270. The molecule has 1 aliphatic heterocycles. The number of halogens is 3. The molecule has 6 rings (SSSR count). The molecule has 4 aliphatic rings. The molecular formula is C25H28F3N3O3S. The lowest BCUT2D eigenvalue weighted by molar-refractivity contribution is -0.178. The third kappa shape index (κ3) is 4.14. The maximum absolute atomic E-state index is 15.6. The minimum absolute atomic E-state index is 0.129. The summed E-state index contributed by atoms with van der Waals surface area (Å²) in [6, 6.07) is 6.79. The van der Waals surface area contributed by atoms with Crippen LogP contribution in [-0.4, -0.2) is 54.5 Å². The maximum atomic E-state index is 15.6. The van der Waals surface area contributed by atoms with Crippen LogP contribution in [0.2, 0.25) is 0 Å². The van der Waals surface area contributed by atoms with E-state index in [0.29, 0.717) is 36.6 Å². The van der Waals surface area contributed by atoms with E-state index in [1.807, 2.05) is 0 Å². The number of carbonyl (C=O) groups excluding carboxylic acids is 1. The van der Waals surface area contributed by atoms with Crippen molar-refractivity contribution in [2.75, 3.05) is 12.3 Å². The number of hydrogen-bond acceptors (Lipinski definition) is 4. The lowest BCUT2D eigenvalue weighted by Gasteiger charge is -2.61. The molecule has 1 aromatic carbocycles. The van der Waals surface area contributed by atoms with E-state index >= 15 is 13.2 Å². The van der Waals surface area contributed by atoms with Crippen LogP contribution in [0, 0.1) is 24.1 Å². The van der Waals surface area contributed by atoms with Crippen LogP contribution in [0.25, 0.3) is 11.3 Å². The number of nitrogens with one attached hydrogen (secondary N) is 1. The van der Waals surface area contributed by atoms with Crippen molar-refractivity contribution in [2.45, 2.75) is 57.5 Å². The highest BCUT2D eigenvalue weighted by molar-refractivity contribution is 7.89. The molecule has 1 aromatic heterocycles. The summed E-state index contributed by atoms with van der Waals surface area (Å²) in [6.07, 6.45) is 1.78. The van der Waals surface area contributed by atoms with E-state index in [1.54, 1.807) is 37.3 Å². The average Bonchev–Trinajstić information content (AvgIpc) is 2.97. The average molecular weight is 508 g/mol. The Kier molecular flexibility index (Phi) is 5.75. The number of rotatable bonds is 7. The first-order valence-corrected chi connectivity index (χ1v) is 13.5. The van der Waals surface area contributed by atoms with E-state index in [4.69, 9.17) is 0 Å². The number of sulfonamides is 1. The molecule has 188 valence electrons. The van der Waals surface area contributed by atoms with Crippen molar-refractivity contribution in [3.8, 4) is 11.3 Å². The summed E-state index contributed by atoms with van der Waals surface area (Å²) in [6.45, 7) is 2.25. The molecule has 1 N–H and O–H groups in total. The van der Waals surface area contributed by atoms with Gasteiger partial charge in [0.25, 0.3) is 5.92 Å². The van der Waals surface area contributed by atoms with Crippen molar-refractivity contribution in [3.63, 3.8) is 0 Å². The van der Waals surface area contributed by atoms with Gasteiger partial charge in [0.05, 0.1) is 29.4 Å². The van der Waals surface area contributed by atoms with Crippen LogP contribution < -0.4 is 4.72 Å². The molecule has 10 heteroatoms. The highest BCUT2D eigenvalue weighted by Gasteiger charge is 2.66. The lowest BCUT2D eigenvalue weighted by atomic mass is 9.44. The number of carbonyl (C=O) groups is 1. The van der Waals surface area contributed by atoms with Gasteiger partial charge in [0, 0.05) is 11.3 Å². The Hall–Kier alpha value is -2.46. The summed E-state index contributed by atoms with van der Waals surface area (Å²) in [5.41, 5.74) is 0.838. The van der Waals surface area contributed by atoms with Gasteiger partial charge in [-0.2, -0.15) is 0 Å². The molecule has 0 unspecified atom stereocenters. The molecule has 1 amide bonds. The second kappa shape index (κ2) is 8.30. The summed E-state index contributed by atoms with van der Waals surface area (Å²) in [5, 5.41) is 0. The first kappa shape index (κ1) is 24.2. The number of alkyl halides is 2. The van der Waals surface area contributed by atoms with Gasteiger partial charge in [0.1, 0.15) is 11.9 Å². The summed E-state index contributed by atoms with van der Waals surface area (Å²) in [7, 11) is -4.00. The van der Waals surface area contributed by atoms with Gasteiger partial charge in [-0.15, -0.1) is 0 Å². The zero-order valence-electron chi connectivity index (χ0n) is 19.6. The summed E-state index contributed by atoms with van der Waals surface area (Å²) >= 11 is 0. The van der Waals surface area contributed by atoms with Crippen LogP contribution in [-0.2, 0) is 21.2 Å². The number of benzene rings is 1. The predicted octanol–water partition coefficient (Wildman–Crippen LogP) is 3.69. The van der Waals surface area contributed by atoms with Gasteiger partial charge in [-0.3, -0.25) is 9.78 Å².